The molecule has 0 aromatic carbocycles. The van der Waals surface area contributed by atoms with E-state index in [0.717, 1.165) is 19.3 Å². The summed E-state index contributed by atoms with van der Waals surface area (Å²) in [6.07, 6.45) is 3.56. The van der Waals surface area contributed by atoms with Gasteiger partial charge in [0.25, 0.3) is 0 Å². The maximum atomic E-state index is 10.7. The first kappa shape index (κ1) is 16.3. The number of hydrogen-bond donors (Lipinski definition) is 0. The first-order chi connectivity index (χ1) is 5.52. The number of unbranched alkanes of at least 4 members (excludes halogenated alkanes) is 1. The SMILES string of the molecule is CCCCC(CCC)S(=O)(=O)[O-].[Na+]. The maximum Gasteiger partial charge on any atom is 1.00 e. The van der Waals surface area contributed by atoms with E-state index >= 15 is 0 Å². The Morgan fingerprint density at radius 2 is 1.69 bits per heavy atom. The molecule has 3 nitrogen and oxygen atoms in total. The monoisotopic (exact) mass is 216 g/mol. The van der Waals surface area contributed by atoms with E-state index in [1.165, 1.54) is 0 Å². The summed E-state index contributed by atoms with van der Waals surface area (Å²) in [6, 6.07) is 0. The van der Waals surface area contributed by atoms with Crippen molar-refractivity contribution in [2.75, 3.05) is 0 Å². The molecular weight excluding hydrogens is 199 g/mol. The zero-order valence-corrected chi connectivity index (χ0v) is 11.6. The van der Waals surface area contributed by atoms with E-state index in [9.17, 15) is 13.0 Å². The van der Waals surface area contributed by atoms with Gasteiger partial charge in [-0.3, -0.25) is 0 Å². The summed E-state index contributed by atoms with van der Waals surface area (Å²) in [6.45, 7) is 3.88. The molecule has 0 heterocycles. The summed E-state index contributed by atoms with van der Waals surface area (Å²) >= 11 is 0. The van der Waals surface area contributed by atoms with Gasteiger partial charge in [0.2, 0.25) is 0 Å². The van der Waals surface area contributed by atoms with Gasteiger partial charge in [0, 0.05) is 5.25 Å². The van der Waals surface area contributed by atoms with E-state index in [-0.39, 0.29) is 29.6 Å². The standard InChI is InChI=1S/C8H18O3S.Na/c1-3-5-7-8(6-4-2)12(9,10)11;/h8H,3-7H2,1-2H3,(H,9,10,11);/q;+1/p-1. The summed E-state index contributed by atoms with van der Waals surface area (Å²) in [4.78, 5) is 0. The minimum Gasteiger partial charge on any atom is -0.748 e. The molecular formula is C8H17NaO3S. The van der Waals surface area contributed by atoms with Crippen LogP contribution in [0.25, 0.3) is 0 Å². The quantitative estimate of drug-likeness (QED) is 0.418. The first-order valence-corrected chi connectivity index (χ1v) is 5.94. The summed E-state index contributed by atoms with van der Waals surface area (Å²) < 4.78 is 32.0. The third-order valence-electron chi connectivity index (χ3n) is 1.90. The summed E-state index contributed by atoms with van der Waals surface area (Å²) in [7, 11) is -4.05. The van der Waals surface area contributed by atoms with E-state index in [1.54, 1.807) is 0 Å². The minimum absolute atomic E-state index is 0. The molecule has 0 aliphatic heterocycles. The molecule has 1 unspecified atom stereocenters. The van der Waals surface area contributed by atoms with Crippen molar-refractivity contribution in [3.63, 3.8) is 0 Å². The van der Waals surface area contributed by atoms with Crippen LogP contribution in [0.5, 0.6) is 0 Å². The summed E-state index contributed by atoms with van der Waals surface area (Å²) in [5.74, 6) is 0. The fourth-order valence-electron chi connectivity index (χ4n) is 1.19. The number of hydrogen-bond acceptors (Lipinski definition) is 3. The van der Waals surface area contributed by atoms with Gasteiger partial charge in [-0.25, -0.2) is 8.42 Å². The molecule has 74 valence electrons. The van der Waals surface area contributed by atoms with E-state index in [0.29, 0.717) is 12.8 Å². The summed E-state index contributed by atoms with van der Waals surface area (Å²) in [5, 5.41) is -0.651. The molecule has 0 N–H and O–H groups in total. The normalized spacial score (nSPS) is 13.5. The smallest absolute Gasteiger partial charge is 0.748 e. The molecule has 0 amide bonds. The van der Waals surface area contributed by atoms with E-state index in [4.69, 9.17) is 0 Å². The van der Waals surface area contributed by atoms with Crippen LogP contribution in [0.1, 0.15) is 46.0 Å². The van der Waals surface area contributed by atoms with Crippen molar-refractivity contribution in [2.45, 2.75) is 51.2 Å². The molecule has 0 aliphatic rings. The van der Waals surface area contributed by atoms with Gasteiger partial charge in [-0.05, 0) is 12.8 Å². The van der Waals surface area contributed by atoms with E-state index in [2.05, 4.69) is 0 Å². The first-order valence-electron chi connectivity index (χ1n) is 4.47. The molecule has 0 aromatic rings. The van der Waals surface area contributed by atoms with Crippen molar-refractivity contribution in [2.24, 2.45) is 0 Å². The predicted molar refractivity (Wildman–Crippen MR) is 47.9 cm³/mol. The molecule has 0 radical (unpaired) electrons. The second-order valence-corrected chi connectivity index (χ2v) is 4.70. The van der Waals surface area contributed by atoms with Crippen molar-refractivity contribution < 1.29 is 42.5 Å². The van der Waals surface area contributed by atoms with Crippen LogP contribution in [0.4, 0.5) is 0 Å². The Hall–Kier alpha value is 0.910. The molecule has 0 saturated heterocycles. The van der Waals surface area contributed by atoms with Crippen molar-refractivity contribution in [1.29, 1.82) is 0 Å². The molecule has 1 atom stereocenters. The van der Waals surface area contributed by atoms with E-state index in [1.807, 2.05) is 13.8 Å². The third kappa shape index (κ3) is 7.94. The van der Waals surface area contributed by atoms with Gasteiger partial charge < -0.3 is 4.55 Å². The molecule has 0 aliphatic carbocycles. The van der Waals surface area contributed by atoms with Crippen LogP contribution in [-0.2, 0) is 10.1 Å². The summed E-state index contributed by atoms with van der Waals surface area (Å²) in [5.41, 5.74) is 0. The molecule has 0 aromatic heterocycles. The second-order valence-electron chi connectivity index (χ2n) is 3.05. The maximum absolute atomic E-state index is 10.7. The van der Waals surface area contributed by atoms with Gasteiger partial charge in [-0.1, -0.05) is 33.1 Å². The Labute approximate surface area is 103 Å². The molecule has 0 spiro atoms. The van der Waals surface area contributed by atoms with Crippen LogP contribution in [0.2, 0.25) is 0 Å². The Morgan fingerprint density at radius 1 is 1.15 bits per heavy atom. The molecule has 0 saturated carbocycles. The van der Waals surface area contributed by atoms with Crippen molar-refractivity contribution in [3.05, 3.63) is 0 Å². The van der Waals surface area contributed by atoms with Crippen LogP contribution in [0.15, 0.2) is 0 Å². The average Bonchev–Trinajstić information content (AvgIpc) is 1.95. The van der Waals surface area contributed by atoms with Gasteiger partial charge in [0.1, 0.15) is 0 Å². The topological polar surface area (TPSA) is 57.2 Å². The van der Waals surface area contributed by atoms with Crippen molar-refractivity contribution >= 4 is 10.1 Å². The Kier molecular flexibility index (Phi) is 10.4. The van der Waals surface area contributed by atoms with Gasteiger partial charge in [-0.15, -0.1) is 0 Å². The zero-order chi connectivity index (χ0) is 9.61. The van der Waals surface area contributed by atoms with Crippen LogP contribution in [-0.4, -0.2) is 18.2 Å². The van der Waals surface area contributed by atoms with Gasteiger partial charge in [0.15, 0.2) is 0 Å². The Bertz CT molecular complexity index is 201. The second kappa shape index (κ2) is 8.24. The third-order valence-corrected chi connectivity index (χ3v) is 3.19. The average molecular weight is 216 g/mol. The van der Waals surface area contributed by atoms with Gasteiger partial charge >= 0.3 is 29.6 Å². The van der Waals surface area contributed by atoms with E-state index < -0.39 is 15.4 Å². The molecule has 0 bridgehead atoms. The van der Waals surface area contributed by atoms with Crippen molar-refractivity contribution in [1.82, 2.24) is 0 Å². The minimum atomic E-state index is -4.05. The Morgan fingerprint density at radius 3 is 2.00 bits per heavy atom. The largest absolute Gasteiger partial charge is 1.00 e. The molecule has 13 heavy (non-hydrogen) atoms. The van der Waals surface area contributed by atoms with Crippen LogP contribution in [0.3, 0.4) is 0 Å². The van der Waals surface area contributed by atoms with Gasteiger partial charge in [-0.2, -0.15) is 0 Å². The molecule has 0 fully saturated rings. The predicted octanol–water partition coefficient (Wildman–Crippen LogP) is -1.11. The van der Waals surface area contributed by atoms with Gasteiger partial charge in [0.05, 0.1) is 10.1 Å². The van der Waals surface area contributed by atoms with Crippen LogP contribution in [0, 0.1) is 0 Å². The van der Waals surface area contributed by atoms with Crippen molar-refractivity contribution in [3.8, 4) is 0 Å². The Balaban J connectivity index is 0. The number of rotatable bonds is 6. The molecule has 0 rings (SSSR count). The fraction of sp³-hybridized carbons (Fsp3) is 1.00. The zero-order valence-electron chi connectivity index (χ0n) is 8.75. The fourth-order valence-corrected chi connectivity index (χ4v) is 2.17. The van der Waals surface area contributed by atoms with Crippen LogP contribution >= 0.6 is 0 Å². The van der Waals surface area contributed by atoms with Crippen LogP contribution < -0.4 is 29.6 Å². The molecule has 5 heteroatoms.